The van der Waals surface area contributed by atoms with Gasteiger partial charge in [0.2, 0.25) is 0 Å². The molecular weight excluding hydrogens is 317 g/mol. The largest absolute Gasteiger partial charge is 0.367 e. The molecule has 0 aromatic heterocycles. The Morgan fingerprint density at radius 1 is 1.20 bits per heavy atom. The number of hydrogen-bond acceptors (Lipinski definition) is 3. The molecule has 0 spiro atoms. The quantitative estimate of drug-likeness (QED) is 0.611. The molecule has 1 saturated carbocycles. The lowest BCUT2D eigenvalue weighted by Crippen LogP contribution is -2.46. The fraction of sp³-hybridized carbons (Fsp3) is 0.632. The summed E-state index contributed by atoms with van der Waals surface area (Å²) in [5.74, 6) is 0.683. The SMILES string of the molecule is CCNC(=NCc1ccc(N2CCN(CC)CC2)c(F)c1)NC1CC1. The Hall–Kier alpha value is -1.82. The molecule has 2 fully saturated rings. The van der Waals surface area contributed by atoms with Gasteiger partial charge in [-0.1, -0.05) is 13.0 Å². The van der Waals surface area contributed by atoms with Gasteiger partial charge in [-0.3, -0.25) is 0 Å². The molecule has 1 aliphatic heterocycles. The number of benzene rings is 1. The predicted molar refractivity (Wildman–Crippen MR) is 102 cm³/mol. The highest BCUT2D eigenvalue weighted by Crippen LogP contribution is 2.22. The van der Waals surface area contributed by atoms with Crippen molar-refractivity contribution in [3.05, 3.63) is 29.6 Å². The van der Waals surface area contributed by atoms with Gasteiger partial charge in [0.05, 0.1) is 12.2 Å². The van der Waals surface area contributed by atoms with E-state index in [1.807, 2.05) is 12.1 Å². The van der Waals surface area contributed by atoms with E-state index >= 15 is 0 Å². The van der Waals surface area contributed by atoms with Gasteiger partial charge in [-0.05, 0) is 44.0 Å². The van der Waals surface area contributed by atoms with Gasteiger partial charge < -0.3 is 20.4 Å². The van der Waals surface area contributed by atoms with Crippen LogP contribution < -0.4 is 15.5 Å². The first-order valence-corrected chi connectivity index (χ1v) is 9.50. The molecule has 1 aromatic carbocycles. The topological polar surface area (TPSA) is 42.9 Å². The average molecular weight is 347 g/mol. The van der Waals surface area contributed by atoms with Gasteiger partial charge in [-0.2, -0.15) is 0 Å². The molecule has 0 atom stereocenters. The zero-order valence-corrected chi connectivity index (χ0v) is 15.4. The Kier molecular flexibility index (Phi) is 6.13. The molecule has 1 heterocycles. The monoisotopic (exact) mass is 347 g/mol. The second-order valence-corrected chi connectivity index (χ2v) is 6.82. The molecule has 3 rings (SSSR count). The van der Waals surface area contributed by atoms with E-state index in [4.69, 9.17) is 0 Å². The molecular formula is C19H30FN5. The maximum atomic E-state index is 14.6. The van der Waals surface area contributed by atoms with Crippen molar-refractivity contribution in [2.24, 2.45) is 4.99 Å². The molecule has 0 bridgehead atoms. The number of halogens is 1. The smallest absolute Gasteiger partial charge is 0.191 e. The average Bonchev–Trinajstić information content (AvgIpc) is 3.44. The Morgan fingerprint density at radius 2 is 1.96 bits per heavy atom. The molecule has 25 heavy (non-hydrogen) atoms. The highest BCUT2D eigenvalue weighted by molar-refractivity contribution is 5.80. The van der Waals surface area contributed by atoms with E-state index in [0.29, 0.717) is 18.3 Å². The lowest BCUT2D eigenvalue weighted by atomic mass is 10.1. The third-order valence-electron chi connectivity index (χ3n) is 4.85. The van der Waals surface area contributed by atoms with Crippen molar-refractivity contribution >= 4 is 11.6 Å². The molecule has 1 saturated heterocycles. The van der Waals surface area contributed by atoms with Crippen LogP contribution >= 0.6 is 0 Å². The van der Waals surface area contributed by atoms with E-state index < -0.39 is 0 Å². The molecule has 0 amide bonds. The van der Waals surface area contributed by atoms with Crippen LogP contribution in [0.2, 0.25) is 0 Å². The van der Waals surface area contributed by atoms with Crippen molar-refractivity contribution in [1.29, 1.82) is 0 Å². The van der Waals surface area contributed by atoms with Crippen LogP contribution in [0, 0.1) is 5.82 Å². The lowest BCUT2D eigenvalue weighted by Gasteiger charge is -2.35. The summed E-state index contributed by atoms with van der Waals surface area (Å²) >= 11 is 0. The van der Waals surface area contributed by atoms with Crippen LogP contribution in [0.25, 0.3) is 0 Å². The van der Waals surface area contributed by atoms with Gasteiger partial charge in [-0.25, -0.2) is 9.38 Å². The van der Waals surface area contributed by atoms with Gasteiger partial charge in [0.15, 0.2) is 5.96 Å². The van der Waals surface area contributed by atoms with E-state index in [0.717, 1.165) is 50.8 Å². The van der Waals surface area contributed by atoms with Crippen LogP contribution in [0.15, 0.2) is 23.2 Å². The summed E-state index contributed by atoms with van der Waals surface area (Å²) in [6.07, 6.45) is 2.41. The number of aliphatic imine (C=N–C) groups is 1. The van der Waals surface area contributed by atoms with Crippen molar-refractivity contribution in [3.63, 3.8) is 0 Å². The van der Waals surface area contributed by atoms with Crippen LogP contribution in [0.4, 0.5) is 10.1 Å². The maximum absolute atomic E-state index is 14.6. The Balaban J connectivity index is 1.61. The van der Waals surface area contributed by atoms with Crippen molar-refractivity contribution in [1.82, 2.24) is 15.5 Å². The van der Waals surface area contributed by atoms with Crippen molar-refractivity contribution in [2.75, 3.05) is 44.2 Å². The molecule has 2 aliphatic rings. The third kappa shape index (κ3) is 5.08. The first-order valence-electron chi connectivity index (χ1n) is 9.50. The van der Waals surface area contributed by atoms with Gasteiger partial charge in [-0.15, -0.1) is 0 Å². The van der Waals surface area contributed by atoms with Crippen molar-refractivity contribution in [3.8, 4) is 0 Å². The number of guanidine groups is 1. The third-order valence-corrected chi connectivity index (χ3v) is 4.85. The molecule has 6 heteroatoms. The normalized spacial score (nSPS) is 19.2. The molecule has 0 radical (unpaired) electrons. The minimum atomic E-state index is -0.141. The second-order valence-electron chi connectivity index (χ2n) is 6.82. The van der Waals surface area contributed by atoms with E-state index in [9.17, 15) is 4.39 Å². The fourth-order valence-corrected chi connectivity index (χ4v) is 3.12. The molecule has 1 aromatic rings. The van der Waals surface area contributed by atoms with Crippen LogP contribution in [0.5, 0.6) is 0 Å². The number of nitrogens with zero attached hydrogens (tertiary/aromatic N) is 3. The summed E-state index contributed by atoms with van der Waals surface area (Å²) in [5, 5.41) is 6.63. The minimum absolute atomic E-state index is 0.141. The van der Waals surface area contributed by atoms with Crippen molar-refractivity contribution in [2.45, 2.75) is 39.3 Å². The van der Waals surface area contributed by atoms with Crippen molar-refractivity contribution < 1.29 is 4.39 Å². The summed E-state index contributed by atoms with van der Waals surface area (Å²) < 4.78 is 14.6. The summed E-state index contributed by atoms with van der Waals surface area (Å²) in [5.41, 5.74) is 1.62. The van der Waals surface area contributed by atoms with Crippen LogP contribution in [0.3, 0.4) is 0 Å². The predicted octanol–water partition coefficient (Wildman–Crippen LogP) is 2.19. The molecule has 138 valence electrons. The van der Waals surface area contributed by atoms with E-state index in [-0.39, 0.29) is 5.82 Å². The van der Waals surface area contributed by atoms with E-state index in [1.165, 1.54) is 12.8 Å². The highest BCUT2D eigenvalue weighted by Gasteiger charge is 2.22. The maximum Gasteiger partial charge on any atom is 0.191 e. The number of rotatable bonds is 6. The zero-order chi connectivity index (χ0) is 17.6. The van der Waals surface area contributed by atoms with Gasteiger partial charge in [0.25, 0.3) is 0 Å². The van der Waals surface area contributed by atoms with E-state index in [2.05, 4.69) is 39.3 Å². The number of piperazine rings is 1. The second kappa shape index (κ2) is 8.52. The fourth-order valence-electron chi connectivity index (χ4n) is 3.12. The highest BCUT2D eigenvalue weighted by atomic mass is 19.1. The number of nitrogens with one attached hydrogen (secondary N) is 2. The number of likely N-dealkylation sites (N-methyl/N-ethyl adjacent to an activating group) is 1. The number of hydrogen-bond donors (Lipinski definition) is 2. The number of anilines is 1. The van der Waals surface area contributed by atoms with Gasteiger partial charge in [0.1, 0.15) is 5.82 Å². The summed E-state index contributed by atoms with van der Waals surface area (Å²) in [7, 11) is 0. The van der Waals surface area contributed by atoms with Crippen LogP contribution in [-0.4, -0.2) is 56.2 Å². The first-order chi connectivity index (χ1) is 12.2. The Bertz CT molecular complexity index is 591. The lowest BCUT2D eigenvalue weighted by molar-refractivity contribution is 0.270. The first kappa shape index (κ1) is 18.0. The minimum Gasteiger partial charge on any atom is -0.367 e. The van der Waals surface area contributed by atoms with E-state index in [1.54, 1.807) is 6.07 Å². The molecule has 5 nitrogen and oxygen atoms in total. The summed E-state index contributed by atoms with van der Waals surface area (Å²) in [6.45, 7) is 10.4. The van der Waals surface area contributed by atoms with Crippen LogP contribution in [0.1, 0.15) is 32.3 Å². The van der Waals surface area contributed by atoms with Crippen LogP contribution in [-0.2, 0) is 6.54 Å². The zero-order valence-electron chi connectivity index (χ0n) is 15.4. The molecule has 1 aliphatic carbocycles. The molecule has 2 N–H and O–H groups in total. The standard InChI is InChI=1S/C19H30FN5/c1-3-21-19(23-16-6-7-16)22-14-15-5-8-18(17(20)13-15)25-11-9-24(4-2)10-12-25/h5,8,13,16H,3-4,6-7,9-12,14H2,1-2H3,(H2,21,22,23). The summed E-state index contributed by atoms with van der Waals surface area (Å²) in [6, 6.07) is 6.09. The molecule has 0 unspecified atom stereocenters. The Morgan fingerprint density at radius 3 is 2.56 bits per heavy atom. The summed E-state index contributed by atoms with van der Waals surface area (Å²) in [4.78, 5) is 9.12. The van der Waals surface area contributed by atoms with Gasteiger partial charge in [0, 0.05) is 38.8 Å². The van der Waals surface area contributed by atoms with Gasteiger partial charge >= 0.3 is 0 Å². The Labute approximate surface area is 150 Å².